The molecule has 88 valence electrons. The summed E-state index contributed by atoms with van der Waals surface area (Å²) in [6.45, 7) is 15.4. The minimum atomic E-state index is 0.613. The van der Waals surface area contributed by atoms with Crippen LogP contribution in [0.4, 0.5) is 0 Å². The smallest absolute Gasteiger partial charge is 0.0208 e. The van der Waals surface area contributed by atoms with Crippen molar-refractivity contribution < 1.29 is 0 Å². The van der Waals surface area contributed by atoms with Crippen LogP contribution in [0.1, 0.15) is 71.6 Å². The molecule has 1 N–H and O–H groups in total. The van der Waals surface area contributed by atoms with E-state index >= 15 is 0 Å². The van der Waals surface area contributed by atoms with Gasteiger partial charge in [0.15, 0.2) is 0 Å². The van der Waals surface area contributed by atoms with Crippen molar-refractivity contribution in [3.63, 3.8) is 0 Å². The number of hydrogen-bond donors (Lipinski definition) is 1. The Morgan fingerprint density at radius 2 is 1.33 bits per heavy atom. The predicted molar refractivity (Wildman–Crippen MR) is 69.5 cm³/mol. The van der Waals surface area contributed by atoms with Crippen LogP contribution in [-0.2, 0) is 0 Å². The molecular weight excluding hydrogens is 182 g/mol. The van der Waals surface area contributed by atoms with Crippen molar-refractivity contribution in [2.75, 3.05) is 0 Å². The Bertz CT molecular complexity index is 231. The summed E-state index contributed by atoms with van der Waals surface area (Å²) in [6.07, 6.45) is 2.03. The largest absolute Gasteiger partial charge is 0.365 e. The molecule has 0 aromatic carbocycles. The van der Waals surface area contributed by atoms with E-state index in [1.807, 2.05) is 6.20 Å². The molecule has 0 saturated heterocycles. The van der Waals surface area contributed by atoms with E-state index in [-0.39, 0.29) is 0 Å². The summed E-state index contributed by atoms with van der Waals surface area (Å²) in [5, 5.41) is 0. The minimum Gasteiger partial charge on any atom is -0.365 e. The average Bonchev–Trinajstić information content (AvgIpc) is 2.49. The third kappa shape index (κ3) is 5.66. The zero-order valence-corrected chi connectivity index (χ0v) is 11.4. The van der Waals surface area contributed by atoms with Gasteiger partial charge < -0.3 is 4.98 Å². The number of nitrogens with one attached hydrogen (secondary N) is 1. The fourth-order valence-electron chi connectivity index (χ4n) is 1.40. The molecule has 0 radical (unpaired) electrons. The van der Waals surface area contributed by atoms with E-state index in [1.165, 1.54) is 11.3 Å². The maximum atomic E-state index is 3.29. The first-order valence-corrected chi connectivity index (χ1v) is 6.03. The van der Waals surface area contributed by atoms with Gasteiger partial charge in [-0.05, 0) is 29.4 Å². The maximum Gasteiger partial charge on any atom is 0.0208 e. The van der Waals surface area contributed by atoms with Gasteiger partial charge in [0.1, 0.15) is 0 Å². The Hall–Kier alpha value is -0.720. The van der Waals surface area contributed by atoms with E-state index in [0.717, 1.165) is 5.92 Å². The van der Waals surface area contributed by atoms with Crippen molar-refractivity contribution in [3.8, 4) is 0 Å². The topological polar surface area (TPSA) is 15.8 Å². The normalized spacial score (nSPS) is 10.8. The monoisotopic (exact) mass is 209 g/mol. The van der Waals surface area contributed by atoms with Crippen LogP contribution in [0.2, 0.25) is 0 Å². The summed E-state index contributed by atoms with van der Waals surface area (Å²) in [7, 11) is 0. The van der Waals surface area contributed by atoms with Gasteiger partial charge in [-0.25, -0.2) is 0 Å². The maximum absolute atomic E-state index is 3.29. The van der Waals surface area contributed by atoms with Crippen LogP contribution in [0.15, 0.2) is 12.3 Å². The van der Waals surface area contributed by atoms with Crippen molar-refractivity contribution in [2.45, 2.75) is 60.3 Å². The Balaban J connectivity index is 0.000000423. The fourth-order valence-corrected chi connectivity index (χ4v) is 1.40. The molecule has 0 aliphatic carbocycles. The molecule has 0 unspecified atom stereocenters. The highest BCUT2D eigenvalue weighted by Gasteiger charge is 2.09. The van der Waals surface area contributed by atoms with Gasteiger partial charge >= 0.3 is 0 Å². The van der Waals surface area contributed by atoms with Crippen molar-refractivity contribution in [1.82, 2.24) is 4.98 Å². The zero-order valence-electron chi connectivity index (χ0n) is 11.4. The number of aromatic amines is 1. The molecule has 0 aliphatic heterocycles. The lowest BCUT2D eigenvalue weighted by Crippen LogP contribution is -1.95. The lowest BCUT2D eigenvalue weighted by molar-refractivity contribution is 0.737. The first-order valence-electron chi connectivity index (χ1n) is 6.03. The van der Waals surface area contributed by atoms with E-state index in [1.54, 1.807) is 0 Å². The van der Waals surface area contributed by atoms with Crippen LogP contribution in [0, 0.1) is 5.92 Å². The average molecular weight is 209 g/mol. The highest BCUT2D eigenvalue weighted by atomic mass is 14.7. The standard InChI is InChI=1S/C10H17N.C4H10/c1-7(2)9-5-6-11-10(9)8(3)4;1-4(2)3/h5-8,11H,1-4H3;4H,1-3H3. The van der Waals surface area contributed by atoms with Gasteiger partial charge in [-0.3, -0.25) is 0 Å². The molecule has 1 aromatic rings. The van der Waals surface area contributed by atoms with Gasteiger partial charge in [-0.2, -0.15) is 0 Å². The Morgan fingerprint density at radius 1 is 0.867 bits per heavy atom. The van der Waals surface area contributed by atoms with Crippen molar-refractivity contribution in [2.24, 2.45) is 5.92 Å². The molecule has 0 amide bonds. The molecule has 1 aromatic heterocycles. The zero-order chi connectivity index (χ0) is 12.0. The lowest BCUT2D eigenvalue weighted by atomic mass is 9.98. The Morgan fingerprint density at radius 3 is 1.60 bits per heavy atom. The van der Waals surface area contributed by atoms with Crippen LogP contribution in [0.25, 0.3) is 0 Å². The fraction of sp³-hybridized carbons (Fsp3) is 0.714. The van der Waals surface area contributed by atoms with Crippen molar-refractivity contribution in [3.05, 3.63) is 23.5 Å². The van der Waals surface area contributed by atoms with E-state index in [9.17, 15) is 0 Å². The third-order valence-corrected chi connectivity index (χ3v) is 2.01. The van der Waals surface area contributed by atoms with Crippen LogP contribution in [0.3, 0.4) is 0 Å². The summed E-state index contributed by atoms with van der Waals surface area (Å²) in [5.41, 5.74) is 2.85. The first kappa shape index (κ1) is 14.3. The first-order chi connectivity index (χ1) is 6.86. The quantitative estimate of drug-likeness (QED) is 0.711. The molecule has 1 heterocycles. The molecule has 0 bridgehead atoms. The van der Waals surface area contributed by atoms with Gasteiger partial charge in [0.2, 0.25) is 0 Å². The van der Waals surface area contributed by atoms with Gasteiger partial charge in [0, 0.05) is 11.9 Å². The van der Waals surface area contributed by atoms with Crippen LogP contribution < -0.4 is 0 Å². The van der Waals surface area contributed by atoms with Crippen LogP contribution >= 0.6 is 0 Å². The summed E-state index contributed by atoms with van der Waals surface area (Å²) in [5.74, 6) is 2.08. The second-order valence-corrected chi connectivity index (χ2v) is 5.39. The van der Waals surface area contributed by atoms with E-state index in [0.29, 0.717) is 11.8 Å². The van der Waals surface area contributed by atoms with Gasteiger partial charge in [0.25, 0.3) is 0 Å². The molecule has 1 rings (SSSR count). The summed E-state index contributed by atoms with van der Waals surface area (Å²) >= 11 is 0. The van der Waals surface area contributed by atoms with Crippen molar-refractivity contribution in [1.29, 1.82) is 0 Å². The number of rotatable bonds is 2. The minimum absolute atomic E-state index is 0.613. The van der Waals surface area contributed by atoms with Gasteiger partial charge in [-0.15, -0.1) is 0 Å². The van der Waals surface area contributed by atoms with Gasteiger partial charge in [-0.1, -0.05) is 48.5 Å². The van der Waals surface area contributed by atoms with Crippen LogP contribution in [-0.4, -0.2) is 4.98 Å². The Kier molecular flexibility index (Phi) is 6.38. The number of H-pyrrole nitrogens is 1. The Labute approximate surface area is 95.3 Å². The molecule has 1 heteroatoms. The number of hydrogen-bond acceptors (Lipinski definition) is 0. The van der Waals surface area contributed by atoms with E-state index < -0.39 is 0 Å². The molecule has 0 atom stereocenters. The van der Waals surface area contributed by atoms with Gasteiger partial charge in [0.05, 0.1) is 0 Å². The number of aromatic nitrogens is 1. The second-order valence-electron chi connectivity index (χ2n) is 5.39. The second kappa shape index (κ2) is 6.71. The summed E-state index contributed by atoms with van der Waals surface area (Å²) in [4.78, 5) is 3.29. The van der Waals surface area contributed by atoms with Crippen LogP contribution in [0.5, 0.6) is 0 Å². The SMILES string of the molecule is CC(C)C.CC(C)c1cc[nH]c1C(C)C. The summed E-state index contributed by atoms with van der Waals surface area (Å²) in [6, 6.07) is 2.18. The predicted octanol–water partition coefficient (Wildman–Crippen LogP) is 4.92. The van der Waals surface area contributed by atoms with E-state index in [2.05, 4.69) is 59.5 Å². The highest BCUT2D eigenvalue weighted by Crippen LogP contribution is 2.24. The molecule has 15 heavy (non-hydrogen) atoms. The molecule has 0 aliphatic rings. The molecular formula is C14H27N. The summed E-state index contributed by atoms with van der Waals surface area (Å²) < 4.78 is 0. The third-order valence-electron chi connectivity index (χ3n) is 2.01. The molecule has 1 nitrogen and oxygen atoms in total. The van der Waals surface area contributed by atoms with E-state index in [4.69, 9.17) is 0 Å². The lowest BCUT2D eigenvalue weighted by Gasteiger charge is -2.09. The molecule has 0 spiro atoms. The highest BCUT2D eigenvalue weighted by molar-refractivity contribution is 5.26. The van der Waals surface area contributed by atoms with Crippen molar-refractivity contribution >= 4 is 0 Å². The molecule has 0 fully saturated rings. The molecule has 0 saturated carbocycles.